The minimum Gasteiger partial charge on any atom is -0.503 e. The van der Waals surface area contributed by atoms with Crippen molar-refractivity contribution in [1.29, 1.82) is 0 Å². The van der Waals surface area contributed by atoms with Gasteiger partial charge in [-0.2, -0.15) is 0 Å². The normalized spacial score (nSPS) is 16.0. The molecule has 6 rings (SSSR count). The van der Waals surface area contributed by atoms with Crippen molar-refractivity contribution in [3.8, 4) is 0 Å². The van der Waals surface area contributed by atoms with Crippen molar-refractivity contribution in [2.24, 2.45) is 7.05 Å². The van der Waals surface area contributed by atoms with Crippen LogP contribution in [0.4, 0.5) is 5.69 Å². The molecule has 1 amide bonds. The fraction of sp³-hybridized carbons (Fsp3) is 0.0714. The van der Waals surface area contributed by atoms with Gasteiger partial charge < -0.3 is 14.1 Å². The Morgan fingerprint density at radius 1 is 0.972 bits per heavy atom. The molecule has 1 N–H and O–H groups in total. The monoisotopic (exact) mass is 516 g/mol. The Bertz CT molecular complexity index is 1750. The number of hydrogen-bond acceptors (Lipinski definition) is 4. The number of para-hydroxylation sites is 1. The van der Waals surface area contributed by atoms with Crippen LogP contribution in [-0.4, -0.2) is 21.4 Å². The number of rotatable bonds is 4. The number of fused-ring (bicyclic) bond motifs is 2. The summed E-state index contributed by atoms with van der Waals surface area (Å²) in [6, 6.07) is 20.1. The lowest BCUT2D eigenvalue weighted by Gasteiger charge is -2.26. The highest BCUT2D eigenvalue weighted by atomic mass is 35.5. The fourth-order valence-corrected chi connectivity index (χ4v) is 5.24. The van der Waals surface area contributed by atoms with Crippen LogP contribution < -0.4 is 4.90 Å². The van der Waals surface area contributed by atoms with Gasteiger partial charge in [-0.25, -0.2) is 0 Å². The number of ketones is 1. The van der Waals surface area contributed by atoms with Crippen LogP contribution in [0.25, 0.3) is 21.9 Å². The summed E-state index contributed by atoms with van der Waals surface area (Å²) in [6.45, 7) is 0. The SMILES string of the molecule is Cn1cc(C2C(C(=O)c3cc4cc(Cl)ccc4o3)=C(O)C(=O)N2c2cccc(Cl)c2)c2ccccc21. The highest BCUT2D eigenvalue weighted by Gasteiger charge is 2.46. The molecular weight excluding hydrogens is 499 g/mol. The summed E-state index contributed by atoms with van der Waals surface area (Å²) in [5, 5.41) is 13.5. The van der Waals surface area contributed by atoms with E-state index < -0.39 is 23.5 Å². The summed E-state index contributed by atoms with van der Waals surface area (Å²) < 4.78 is 7.73. The third-order valence-corrected chi connectivity index (χ3v) is 6.93. The average Bonchev–Trinajstić information content (AvgIpc) is 3.51. The molecular formula is C28H18Cl2N2O4. The molecule has 6 nitrogen and oxygen atoms in total. The smallest absolute Gasteiger partial charge is 0.294 e. The zero-order chi connectivity index (χ0) is 25.1. The molecule has 36 heavy (non-hydrogen) atoms. The van der Waals surface area contributed by atoms with Gasteiger partial charge in [-0.15, -0.1) is 0 Å². The summed E-state index contributed by atoms with van der Waals surface area (Å²) in [5.74, 6) is -1.91. The lowest BCUT2D eigenvalue weighted by molar-refractivity contribution is -0.117. The number of hydrogen-bond donors (Lipinski definition) is 1. The Labute approximate surface area is 215 Å². The van der Waals surface area contributed by atoms with Crippen molar-refractivity contribution in [2.75, 3.05) is 4.90 Å². The van der Waals surface area contributed by atoms with Gasteiger partial charge in [0.2, 0.25) is 5.78 Å². The summed E-state index contributed by atoms with van der Waals surface area (Å²) in [6.07, 6.45) is 1.87. The summed E-state index contributed by atoms with van der Waals surface area (Å²) in [5.41, 5.74) is 2.47. The number of carbonyl (C=O) groups is 2. The average molecular weight is 517 g/mol. The van der Waals surface area contributed by atoms with E-state index in [1.807, 2.05) is 42.1 Å². The molecule has 1 aliphatic heterocycles. The van der Waals surface area contributed by atoms with Crippen LogP contribution >= 0.6 is 23.2 Å². The molecule has 1 aliphatic rings. The zero-order valence-electron chi connectivity index (χ0n) is 18.9. The summed E-state index contributed by atoms with van der Waals surface area (Å²) in [4.78, 5) is 28.7. The number of furan rings is 1. The Hall–Kier alpha value is -4.00. The molecule has 0 spiro atoms. The Morgan fingerprint density at radius 3 is 2.56 bits per heavy atom. The third kappa shape index (κ3) is 3.41. The molecule has 8 heteroatoms. The van der Waals surface area contributed by atoms with Gasteiger partial charge in [0.25, 0.3) is 5.91 Å². The number of halogens is 2. The van der Waals surface area contributed by atoms with Crippen LogP contribution in [0, 0.1) is 0 Å². The van der Waals surface area contributed by atoms with Crippen molar-refractivity contribution in [3.63, 3.8) is 0 Å². The number of aliphatic hydroxyl groups excluding tert-OH is 1. The van der Waals surface area contributed by atoms with Gasteiger partial charge in [-0.1, -0.05) is 47.5 Å². The highest BCUT2D eigenvalue weighted by Crippen LogP contribution is 2.45. The van der Waals surface area contributed by atoms with E-state index in [1.54, 1.807) is 48.5 Å². The third-order valence-electron chi connectivity index (χ3n) is 6.46. The van der Waals surface area contributed by atoms with E-state index in [2.05, 4.69) is 0 Å². The van der Waals surface area contributed by atoms with Crippen LogP contribution in [-0.2, 0) is 11.8 Å². The first-order valence-corrected chi connectivity index (χ1v) is 11.9. The van der Waals surface area contributed by atoms with E-state index in [1.165, 1.54) is 4.90 Å². The largest absolute Gasteiger partial charge is 0.503 e. The van der Waals surface area contributed by atoms with Crippen molar-refractivity contribution < 1.29 is 19.1 Å². The molecule has 0 bridgehead atoms. The van der Waals surface area contributed by atoms with Gasteiger partial charge in [-0.05, 0) is 48.5 Å². The molecule has 0 radical (unpaired) electrons. The number of aryl methyl sites for hydroxylation is 1. The molecule has 1 unspecified atom stereocenters. The molecule has 0 saturated carbocycles. The van der Waals surface area contributed by atoms with Gasteiger partial charge in [0.1, 0.15) is 5.58 Å². The minimum atomic E-state index is -0.911. The van der Waals surface area contributed by atoms with E-state index in [-0.39, 0.29) is 11.3 Å². The predicted octanol–water partition coefficient (Wildman–Crippen LogP) is 7.01. The summed E-state index contributed by atoms with van der Waals surface area (Å²) >= 11 is 12.3. The number of nitrogens with zero attached hydrogens (tertiary/aromatic N) is 2. The van der Waals surface area contributed by atoms with Crippen LogP contribution in [0.15, 0.2) is 94.7 Å². The molecule has 0 aliphatic carbocycles. The summed E-state index contributed by atoms with van der Waals surface area (Å²) in [7, 11) is 1.89. The highest BCUT2D eigenvalue weighted by molar-refractivity contribution is 6.31. The van der Waals surface area contributed by atoms with Crippen LogP contribution in [0.5, 0.6) is 0 Å². The maximum Gasteiger partial charge on any atom is 0.294 e. The number of carbonyl (C=O) groups excluding carboxylic acids is 2. The molecule has 3 heterocycles. The van der Waals surface area contributed by atoms with Gasteiger partial charge in [0.05, 0.1) is 11.6 Å². The van der Waals surface area contributed by atoms with Gasteiger partial charge >= 0.3 is 0 Å². The Morgan fingerprint density at radius 2 is 1.75 bits per heavy atom. The van der Waals surface area contributed by atoms with Crippen LogP contribution in [0.1, 0.15) is 22.2 Å². The number of anilines is 1. The molecule has 0 saturated heterocycles. The van der Waals surface area contributed by atoms with Crippen LogP contribution in [0.3, 0.4) is 0 Å². The lowest BCUT2D eigenvalue weighted by Crippen LogP contribution is -2.31. The second kappa shape index (κ2) is 8.29. The van der Waals surface area contributed by atoms with Crippen molar-refractivity contribution in [3.05, 3.63) is 112 Å². The molecule has 3 aromatic carbocycles. The maximum absolute atomic E-state index is 13.9. The minimum absolute atomic E-state index is 0.000188. The molecule has 0 fully saturated rings. The number of aliphatic hydroxyl groups is 1. The fourth-order valence-electron chi connectivity index (χ4n) is 4.87. The first kappa shape index (κ1) is 22.5. The van der Waals surface area contributed by atoms with Gasteiger partial charge in [-0.3, -0.25) is 14.5 Å². The number of aromatic nitrogens is 1. The number of benzene rings is 3. The molecule has 1 atom stereocenters. The van der Waals surface area contributed by atoms with Crippen molar-refractivity contribution >= 4 is 62.5 Å². The van der Waals surface area contributed by atoms with E-state index in [0.717, 1.165) is 10.9 Å². The second-order valence-electron chi connectivity index (χ2n) is 8.65. The Balaban J connectivity index is 1.57. The quantitative estimate of drug-likeness (QED) is 0.260. The molecule has 178 valence electrons. The van der Waals surface area contributed by atoms with E-state index >= 15 is 0 Å². The van der Waals surface area contributed by atoms with Crippen molar-refractivity contribution in [1.82, 2.24) is 4.57 Å². The van der Waals surface area contributed by atoms with Crippen molar-refractivity contribution in [2.45, 2.75) is 6.04 Å². The standard InChI is InChI=1S/C28H18Cl2N2O4/c1-31-14-20(19-7-2-3-8-21(19)31)25-24(26(33)23-12-15-11-17(30)9-10-22(15)36-23)27(34)28(35)32(25)18-6-4-5-16(29)13-18/h2-14,25,34H,1H3. The first-order valence-electron chi connectivity index (χ1n) is 11.1. The van der Waals surface area contributed by atoms with Gasteiger partial charge in [0.15, 0.2) is 11.5 Å². The molecule has 5 aromatic rings. The Kier molecular flexibility index (Phi) is 5.18. The molecule has 2 aromatic heterocycles. The maximum atomic E-state index is 13.9. The van der Waals surface area contributed by atoms with Crippen LogP contribution in [0.2, 0.25) is 10.0 Å². The van der Waals surface area contributed by atoms with E-state index in [0.29, 0.717) is 32.3 Å². The zero-order valence-corrected chi connectivity index (χ0v) is 20.4. The van der Waals surface area contributed by atoms with E-state index in [4.69, 9.17) is 27.6 Å². The van der Waals surface area contributed by atoms with Gasteiger partial charge in [0, 0.05) is 50.8 Å². The number of Topliss-reactive ketones (excluding diaryl/α,β-unsaturated/α-hetero) is 1. The topological polar surface area (TPSA) is 75.7 Å². The lowest BCUT2D eigenvalue weighted by atomic mass is 9.94. The first-order chi connectivity index (χ1) is 17.3. The predicted molar refractivity (Wildman–Crippen MR) is 140 cm³/mol. The van der Waals surface area contributed by atoms with E-state index in [9.17, 15) is 14.7 Å². The second-order valence-corrected chi connectivity index (χ2v) is 9.53. The number of amides is 1.